The van der Waals surface area contributed by atoms with Gasteiger partial charge in [-0.05, 0) is 60.2 Å². The van der Waals surface area contributed by atoms with Crippen molar-refractivity contribution in [3.63, 3.8) is 0 Å². The number of benzene rings is 3. The maximum atomic E-state index is 13.6. The van der Waals surface area contributed by atoms with Gasteiger partial charge >= 0.3 is 0 Å². The lowest BCUT2D eigenvalue weighted by Crippen LogP contribution is -2.29. The number of ether oxygens (including phenoxy) is 2. The number of aliphatic hydroxyl groups is 1. The van der Waals surface area contributed by atoms with Crippen LogP contribution in [0.5, 0.6) is 11.5 Å². The predicted octanol–water partition coefficient (Wildman–Crippen LogP) is 5.78. The number of hydrogen-bond acceptors (Lipinski definition) is 5. The minimum atomic E-state index is -1.07. The summed E-state index contributed by atoms with van der Waals surface area (Å²) in [5.41, 5.74) is 0.640. The SMILES string of the molecule is COc1ccc(OC)c(/C(O)=C2\C(=O)C(=O)N(c3ccc(F)cc3)C2c2ccc(Cl)c(Cl)c2)c1. The lowest BCUT2D eigenvalue weighted by Gasteiger charge is -2.26. The number of methoxy groups -OCH3 is 2. The standard InChI is InChI=1S/C25H18Cl2FNO5/c1-33-16-8-10-20(34-2)17(12-16)23(30)21-22(13-3-9-18(26)19(27)11-13)29(25(32)24(21)31)15-6-4-14(28)5-7-15/h3-12,22,30H,1-2H3/b23-21+. The second-order valence-electron chi connectivity index (χ2n) is 7.39. The van der Waals surface area contributed by atoms with Crippen LogP contribution in [0.15, 0.2) is 66.2 Å². The first-order chi connectivity index (χ1) is 16.3. The number of ketones is 1. The molecule has 1 atom stereocenters. The Kier molecular flexibility index (Phi) is 6.50. The van der Waals surface area contributed by atoms with Crippen LogP contribution in [-0.2, 0) is 9.59 Å². The molecule has 1 aliphatic rings. The third kappa shape index (κ3) is 4.08. The monoisotopic (exact) mass is 501 g/mol. The number of halogens is 3. The Morgan fingerprint density at radius 3 is 2.26 bits per heavy atom. The number of anilines is 1. The molecule has 1 N–H and O–H groups in total. The smallest absolute Gasteiger partial charge is 0.300 e. The Morgan fingerprint density at radius 2 is 1.65 bits per heavy atom. The Balaban J connectivity index is 2.00. The fraction of sp³-hybridized carbons (Fsp3) is 0.120. The van der Waals surface area contributed by atoms with Gasteiger partial charge in [0.1, 0.15) is 23.1 Å². The van der Waals surface area contributed by atoms with E-state index in [1.165, 1.54) is 61.6 Å². The van der Waals surface area contributed by atoms with Gasteiger partial charge in [0.25, 0.3) is 11.7 Å². The van der Waals surface area contributed by atoms with Crippen LogP contribution in [-0.4, -0.2) is 31.0 Å². The highest BCUT2D eigenvalue weighted by Crippen LogP contribution is 2.44. The van der Waals surface area contributed by atoms with Gasteiger partial charge in [0, 0.05) is 5.69 Å². The Bertz CT molecular complexity index is 1320. The second kappa shape index (κ2) is 9.37. The van der Waals surface area contributed by atoms with Gasteiger partial charge in [-0.3, -0.25) is 14.5 Å². The van der Waals surface area contributed by atoms with Gasteiger partial charge in [0.05, 0.1) is 41.4 Å². The van der Waals surface area contributed by atoms with E-state index in [4.69, 9.17) is 32.7 Å². The van der Waals surface area contributed by atoms with E-state index in [1.807, 2.05) is 0 Å². The van der Waals surface area contributed by atoms with E-state index in [2.05, 4.69) is 0 Å². The number of hydrogen-bond donors (Lipinski definition) is 1. The van der Waals surface area contributed by atoms with Crippen LogP contribution in [0.4, 0.5) is 10.1 Å². The fourth-order valence-electron chi connectivity index (χ4n) is 3.84. The summed E-state index contributed by atoms with van der Waals surface area (Å²) in [5.74, 6) is -2.13. The molecule has 0 saturated carbocycles. The molecule has 1 fully saturated rings. The zero-order valence-electron chi connectivity index (χ0n) is 18.0. The van der Waals surface area contributed by atoms with E-state index in [0.717, 1.165) is 0 Å². The summed E-state index contributed by atoms with van der Waals surface area (Å²) in [5, 5.41) is 11.8. The number of Topliss-reactive ketones (excluding diaryl/α,β-unsaturated/α-hetero) is 1. The first-order valence-corrected chi connectivity index (χ1v) is 10.8. The van der Waals surface area contributed by atoms with E-state index in [0.29, 0.717) is 11.3 Å². The second-order valence-corrected chi connectivity index (χ2v) is 8.20. The van der Waals surface area contributed by atoms with Crippen LogP contribution in [0, 0.1) is 5.82 Å². The molecular formula is C25H18Cl2FNO5. The molecule has 9 heteroatoms. The van der Waals surface area contributed by atoms with Crippen molar-refractivity contribution in [3.05, 3.63) is 93.2 Å². The normalized spacial score (nSPS) is 17.2. The van der Waals surface area contributed by atoms with Crippen molar-refractivity contribution in [1.29, 1.82) is 0 Å². The van der Waals surface area contributed by atoms with Gasteiger partial charge in [-0.15, -0.1) is 0 Å². The fourth-order valence-corrected chi connectivity index (χ4v) is 4.15. The van der Waals surface area contributed by atoms with Gasteiger partial charge in [-0.25, -0.2) is 4.39 Å². The van der Waals surface area contributed by atoms with Crippen molar-refractivity contribution in [2.75, 3.05) is 19.1 Å². The first kappa shape index (κ1) is 23.6. The molecule has 0 bridgehead atoms. The number of nitrogens with zero attached hydrogens (tertiary/aromatic N) is 1. The molecule has 0 spiro atoms. The molecule has 1 amide bonds. The lowest BCUT2D eigenvalue weighted by molar-refractivity contribution is -0.132. The summed E-state index contributed by atoms with van der Waals surface area (Å²) in [6.07, 6.45) is 0. The molecule has 174 valence electrons. The molecule has 3 aromatic rings. The molecular weight excluding hydrogens is 484 g/mol. The van der Waals surface area contributed by atoms with Crippen LogP contribution in [0.25, 0.3) is 5.76 Å². The molecule has 0 aliphatic carbocycles. The van der Waals surface area contributed by atoms with E-state index < -0.39 is 29.3 Å². The Labute approximate surface area is 204 Å². The quantitative estimate of drug-likeness (QED) is 0.272. The largest absolute Gasteiger partial charge is 0.507 e. The van der Waals surface area contributed by atoms with E-state index in [1.54, 1.807) is 18.2 Å². The Hall–Kier alpha value is -3.55. The topological polar surface area (TPSA) is 76.1 Å². The van der Waals surface area contributed by atoms with E-state index >= 15 is 0 Å². The highest BCUT2D eigenvalue weighted by Gasteiger charge is 2.47. The maximum Gasteiger partial charge on any atom is 0.300 e. The number of rotatable bonds is 5. The summed E-state index contributed by atoms with van der Waals surface area (Å²) in [6, 6.07) is 13.3. The molecule has 1 saturated heterocycles. The number of carbonyl (C=O) groups is 2. The van der Waals surface area contributed by atoms with E-state index in [9.17, 15) is 19.1 Å². The summed E-state index contributed by atoms with van der Waals surface area (Å²) >= 11 is 12.3. The van der Waals surface area contributed by atoms with Crippen molar-refractivity contribution in [2.24, 2.45) is 0 Å². The van der Waals surface area contributed by atoms with Crippen LogP contribution >= 0.6 is 23.2 Å². The minimum Gasteiger partial charge on any atom is -0.507 e. The molecule has 1 heterocycles. The average molecular weight is 502 g/mol. The number of carbonyl (C=O) groups excluding carboxylic acids is 2. The van der Waals surface area contributed by atoms with Crippen LogP contribution in [0.2, 0.25) is 10.0 Å². The minimum absolute atomic E-state index is 0.156. The molecule has 3 aromatic carbocycles. The summed E-state index contributed by atoms with van der Waals surface area (Å²) in [4.78, 5) is 27.6. The van der Waals surface area contributed by atoms with Gasteiger partial charge in [-0.1, -0.05) is 29.3 Å². The highest BCUT2D eigenvalue weighted by molar-refractivity contribution is 6.52. The molecule has 34 heavy (non-hydrogen) atoms. The molecule has 6 nitrogen and oxygen atoms in total. The van der Waals surface area contributed by atoms with Crippen molar-refractivity contribution in [3.8, 4) is 11.5 Å². The van der Waals surface area contributed by atoms with Crippen LogP contribution < -0.4 is 14.4 Å². The summed E-state index contributed by atoms with van der Waals surface area (Å²) < 4.78 is 24.2. The van der Waals surface area contributed by atoms with Crippen molar-refractivity contribution in [2.45, 2.75) is 6.04 Å². The van der Waals surface area contributed by atoms with Gasteiger partial charge in [0.2, 0.25) is 0 Å². The average Bonchev–Trinajstić information content (AvgIpc) is 3.11. The predicted molar refractivity (Wildman–Crippen MR) is 127 cm³/mol. The Morgan fingerprint density at radius 1 is 0.941 bits per heavy atom. The van der Waals surface area contributed by atoms with Gasteiger partial charge < -0.3 is 14.6 Å². The third-order valence-electron chi connectivity index (χ3n) is 5.47. The maximum absolute atomic E-state index is 13.6. The highest BCUT2D eigenvalue weighted by atomic mass is 35.5. The van der Waals surface area contributed by atoms with Gasteiger partial charge in [0.15, 0.2) is 0 Å². The van der Waals surface area contributed by atoms with Crippen LogP contribution in [0.1, 0.15) is 17.2 Å². The molecule has 1 aliphatic heterocycles. The van der Waals surface area contributed by atoms with Crippen molar-refractivity contribution >= 4 is 46.3 Å². The first-order valence-electron chi connectivity index (χ1n) is 10.0. The zero-order valence-corrected chi connectivity index (χ0v) is 19.5. The molecule has 0 radical (unpaired) electrons. The van der Waals surface area contributed by atoms with E-state index in [-0.39, 0.29) is 32.6 Å². The molecule has 0 aromatic heterocycles. The number of aliphatic hydroxyl groups excluding tert-OH is 1. The van der Waals surface area contributed by atoms with Crippen LogP contribution in [0.3, 0.4) is 0 Å². The van der Waals surface area contributed by atoms with Crippen molar-refractivity contribution in [1.82, 2.24) is 0 Å². The number of amides is 1. The third-order valence-corrected chi connectivity index (χ3v) is 6.21. The lowest BCUT2D eigenvalue weighted by atomic mass is 9.94. The summed E-state index contributed by atoms with van der Waals surface area (Å²) in [6.45, 7) is 0. The molecule has 4 rings (SSSR count). The summed E-state index contributed by atoms with van der Waals surface area (Å²) in [7, 11) is 2.86. The van der Waals surface area contributed by atoms with Gasteiger partial charge in [-0.2, -0.15) is 0 Å². The van der Waals surface area contributed by atoms with Crippen molar-refractivity contribution < 1.29 is 28.6 Å². The zero-order chi connectivity index (χ0) is 24.6. The molecule has 1 unspecified atom stereocenters.